The number of carbonyl (C=O) groups excluding carboxylic acids is 1. The van der Waals surface area contributed by atoms with Crippen LogP contribution in [-0.2, 0) is 4.79 Å². The van der Waals surface area contributed by atoms with Gasteiger partial charge in [0.05, 0.1) is 18.3 Å². The summed E-state index contributed by atoms with van der Waals surface area (Å²) in [4.78, 5) is 13.3. The standard InChI is InChI=1S/C12H16ClFN2O2/c1-8(17)6-16(2)7-12(18)15-11-4-3-9(13)5-10(11)14/h3-5,8,17H,6-7H2,1-2H3,(H,15,18). The molecule has 1 rings (SSSR count). The van der Waals surface area contributed by atoms with Crippen LogP contribution in [0.1, 0.15) is 6.92 Å². The summed E-state index contributed by atoms with van der Waals surface area (Å²) in [7, 11) is 1.70. The Morgan fingerprint density at radius 2 is 2.28 bits per heavy atom. The topological polar surface area (TPSA) is 52.6 Å². The Balaban J connectivity index is 2.54. The van der Waals surface area contributed by atoms with Gasteiger partial charge in [-0.05, 0) is 32.2 Å². The summed E-state index contributed by atoms with van der Waals surface area (Å²) in [5, 5.41) is 11.9. The first-order valence-electron chi connectivity index (χ1n) is 5.50. The maximum absolute atomic E-state index is 13.4. The van der Waals surface area contributed by atoms with Crippen LogP contribution in [0.15, 0.2) is 18.2 Å². The lowest BCUT2D eigenvalue weighted by Gasteiger charge is -2.17. The van der Waals surface area contributed by atoms with E-state index in [0.717, 1.165) is 6.07 Å². The average molecular weight is 275 g/mol. The van der Waals surface area contributed by atoms with Crippen molar-refractivity contribution < 1.29 is 14.3 Å². The summed E-state index contributed by atoms with van der Waals surface area (Å²) in [6.45, 7) is 2.08. The van der Waals surface area contributed by atoms with Crippen LogP contribution in [0.4, 0.5) is 10.1 Å². The van der Waals surface area contributed by atoms with E-state index in [-0.39, 0.29) is 23.2 Å². The van der Waals surface area contributed by atoms with Gasteiger partial charge in [-0.3, -0.25) is 9.69 Å². The van der Waals surface area contributed by atoms with Crippen LogP contribution in [0.3, 0.4) is 0 Å². The Morgan fingerprint density at radius 1 is 1.61 bits per heavy atom. The molecular weight excluding hydrogens is 259 g/mol. The number of hydrogen-bond acceptors (Lipinski definition) is 3. The molecule has 0 radical (unpaired) electrons. The van der Waals surface area contributed by atoms with Crippen molar-refractivity contribution in [2.24, 2.45) is 0 Å². The molecule has 0 saturated heterocycles. The van der Waals surface area contributed by atoms with E-state index in [9.17, 15) is 9.18 Å². The first-order valence-corrected chi connectivity index (χ1v) is 5.88. The molecule has 0 spiro atoms. The highest BCUT2D eigenvalue weighted by molar-refractivity contribution is 6.30. The number of benzene rings is 1. The van der Waals surface area contributed by atoms with Gasteiger partial charge in [0.2, 0.25) is 5.91 Å². The zero-order chi connectivity index (χ0) is 13.7. The molecule has 4 nitrogen and oxygen atoms in total. The fraction of sp³-hybridized carbons (Fsp3) is 0.417. The molecule has 2 N–H and O–H groups in total. The highest BCUT2D eigenvalue weighted by Gasteiger charge is 2.11. The summed E-state index contributed by atoms with van der Waals surface area (Å²) in [5.74, 6) is -0.923. The van der Waals surface area contributed by atoms with Gasteiger partial charge in [0, 0.05) is 11.6 Å². The summed E-state index contributed by atoms with van der Waals surface area (Å²) in [6.07, 6.45) is -0.518. The molecule has 1 aromatic rings. The van der Waals surface area contributed by atoms with Crippen molar-refractivity contribution in [2.75, 3.05) is 25.5 Å². The van der Waals surface area contributed by atoms with Crippen LogP contribution >= 0.6 is 11.6 Å². The molecule has 1 unspecified atom stereocenters. The second kappa shape index (κ2) is 6.68. The molecule has 18 heavy (non-hydrogen) atoms. The molecule has 1 aromatic carbocycles. The van der Waals surface area contributed by atoms with Crippen molar-refractivity contribution in [3.05, 3.63) is 29.0 Å². The Morgan fingerprint density at radius 3 is 2.83 bits per heavy atom. The van der Waals surface area contributed by atoms with E-state index in [0.29, 0.717) is 6.54 Å². The third kappa shape index (κ3) is 5.00. The van der Waals surface area contributed by atoms with Crippen LogP contribution in [-0.4, -0.2) is 42.2 Å². The summed E-state index contributed by atoms with van der Waals surface area (Å²) >= 11 is 5.61. The average Bonchev–Trinajstić information content (AvgIpc) is 2.20. The molecule has 0 bridgehead atoms. The summed E-state index contributed by atoms with van der Waals surface area (Å²) in [6, 6.07) is 4.04. The Hall–Kier alpha value is -1.17. The van der Waals surface area contributed by atoms with E-state index in [1.165, 1.54) is 12.1 Å². The minimum atomic E-state index is -0.575. The Bertz CT molecular complexity index is 427. The molecule has 0 aliphatic rings. The molecule has 1 atom stereocenters. The van der Waals surface area contributed by atoms with E-state index in [2.05, 4.69) is 5.32 Å². The Labute approximate surface area is 110 Å². The van der Waals surface area contributed by atoms with Crippen molar-refractivity contribution >= 4 is 23.2 Å². The third-order valence-corrected chi connectivity index (χ3v) is 2.43. The normalized spacial score (nSPS) is 12.6. The molecule has 0 fully saturated rings. The second-order valence-electron chi connectivity index (χ2n) is 4.22. The number of likely N-dealkylation sites (N-methyl/N-ethyl adjacent to an activating group) is 1. The van der Waals surface area contributed by atoms with Gasteiger partial charge in [0.1, 0.15) is 5.82 Å². The van der Waals surface area contributed by atoms with Gasteiger partial charge in [-0.2, -0.15) is 0 Å². The SMILES string of the molecule is CC(O)CN(C)CC(=O)Nc1ccc(Cl)cc1F. The number of nitrogens with one attached hydrogen (secondary N) is 1. The van der Waals surface area contributed by atoms with Crippen LogP contribution in [0, 0.1) is 5.82 Å². The van der Waals surface area contributed by atoms with Crippen molar-refractivity contribution in [3.63, 3.8) is 0 Å². The van der Waals surface area contributed by atoms with Gasteiger partial charge >= 0.3 is 0 Å². The number of halogens is 2. The second-order valence-corrected chi connectivity index (χ2v) is 4.65. The Kier molecular flexibility index (Phi) is 5.53. The number of anilines is 1. The monoisotopic (exact) mass is 274 g/mol. The number of aliphatic hydroxyl groups excluding tert-OH is 1. The van der Waals surface area contributed by atoms with Gasteiger partial charge in [0.15, 0.2) is 0 Å². The van der Waals surface area contributed by atoms with Crippen LogP contribution in [0.2, 0.25) is 5.02 Å². The number of carbonyl (C=O) groups is 1. The largest absolute Gasteiger partial charge is 0.392 e. The number of aliphatic hydroxyl groups is 1. The molecule has 0 aromatic heterocycles. The maximum atomic E-state index is 13.4. The molecular formula is C12H16ClFN2O2. The lowest BCUT2D eigenvalue weighted by atomic mass is 10.3. The minimum Gasteiger partial charge on any atom is -0.392 e. The van der Waals surface area contributed by atoms with E-state index >= 15 is 0 Å². The zero-order valence-corrected chi connectivity index (χ0v) is 11.0. The van der Waals surface area contributed by atoms with E-state index in [1.54, 1.807) is 18.9 Å². The highest BCUT2D eigenvalue weighted by Crippen LogP contribution is 2.18. The molecule has 1 amide bonds. The number of amides is 1. The zero-order valence-electron chi connectivity index (χ0n) is 10.3. The van der Waals surface area contributed by atoms with E-state index in [4.69, 9.17) is 16.7 Å². The number of hydrogen-bond donors (Lipinski definition) is 2. The van der Waals surface area contributed by atoms with Crippen LogP contribution < -0.4 is 5.32 Å². The smallest absolute Gasteiger partial charge is 0.238 e. The number of rotatable bonds is 5. The van der Waals surface area contributed by atoms with Crippen LogP contribution in [0.25, 0.3) is 0 Å². The third-order valence-electron chi connectivity index (χ3n) is 2.19. The predicted molar refractivity (Wildman–Crippen MR) is 69.2 cm³/mol. The fourth-order valence-corrected chi connectivity index (χ4v) is 1.70. The van der Waals surface area contributed by atoms with Crippen molar-refractivity contribution in [1.82, 2.24) is 4.90 Å². The molecule has 100 valence electrons. The van der Waals surface area contributed by atoms with Gasteiger partial charge in [0.25, 0.3) is 0 Å². The van der Waals surface area contributed by atoms with Gasteiger partial charge in [-0.1, -0.05) is 11.6 Å². The predicted octanol–water partition coefficient (Wildman–Crippen LogP) is 1.73. The molecule has 0 aliphatic heterocycles. The van der Waals surface area contributed by atoms with Crippen molar-refractivity contribution in [1.29, 1.82) is 0 Å². The summed E-state index contributed by atoms with van der Waals surface area (Å²) < 4.78 is 13.4. The van der Waals surface area contributed by atoms with E-state index in [1.807, 2.05) is 0 Å². The van der Waals surface area contributed by atoms with Gasteiger partial charge in [-0.15, -0.1) is 0 Å². The lowest BCUT2D eigenvalue weighted by Crippen LogP contribution is -2.34. The fourth-order valence-electron chi connectivity index (χ4n) is 1.54. The lowest BCUT2D eigenvalue weighted by molar-refractivity contribution is -0.117. The molecule has 0 aliphatic carbocycles. The first kappa shape index (κ1) is 14.9. The van der Waals surface area contributed by atoms with Gasteiger partial charge in [-0.25, -0.2) is 4.39 Å². The maximum Gasteiger partial charge on any atom is 0.238 e. The summed E-state index contributed by atoms with van der Waals surface area (Å²) in [5.41, 5.74) is 0.0925. The quantitative estimate of drug-likeness (QED) is 0.860. The number of nitrogens with zero attached hydrogens (tertiary/aromatic N) is 1. The van der Waals surface area contributed by atoms with Crippen LogP contribution in [0.5, 0.6) is 0 Å². The van der Waals surface area contributed by atoms with E-state index < -0.39 is 11.9 Å². The molecule has 0 saturated carbocycles. The first-order chi connectivity index (χ1) is 8.38. The van der Waals surface area contributed by atoms with Crippen molar-refractivity contribution in [2.45, 2.75) is 13.0 Å². The van der Waals surface area contributed by atoms with Crippen molar-refractivity contribution in [3.8, 4) is 0 Å². The highest BCUT2D eigenvalue weighted by atomic mass is 35.5. The minimum absolute atomic E-state index is 0.0764. The molecule has 0 heterocycles. The van der Waals surface area contributed by atoms with Gasteiger partial charge < -0.3 is 10.4 Å². The molecule has 6 heteroatoms.